The number of β-amino-alcohol motifs (C(OH)–C–C–N with tert-alkyl or cyclic N) is 1. The maximum absolute atomic E-state index is 11.5. The third-order valence-electron chi connectivity index (χ3n) is 2.90. The number of rotatable bonds is 3. The zero-order valence-corrected chi connectivity index (χ0v) is 11.2. The van der Waals surface area contributed by atoms with Crippen molar-refractivity contribution in [2.75, 3.05) is 31.7 Å². The fourth-order valence-corrected chi connectivity index (χ4v) is 2.90. The second-order valence-electron chi connectivity index (χ2n) is 3.92. The molecule has 0 saturated heterocycles. The van der Waals surface area contributed by atoms with Crippen LogP contribution in [0.3, 0.4) is 0 Å². The van der Waals surface area contributed by atoms with E-state index in [0.717, 1.165) is 28.7 Å². The Balaban J connectivity index is 2.38. The number of halogens is 1. The number of aliphatic hydroxyl groups is 1. The number of anilines is 1. The van der Waals surface area contributed by atoms with Crippen LogP contribution in [0.1, 0.15) is 15.9 Å². The van der Waals surface area contributed by atoms with E-state index in [4.69, 9.17) is 9.84 Å². The Morgan fingerprint density at radius 3 is 3.00 bits per heavy atom. The first-order valence-corrected chi connectivity index (χ1v) is 6.23. The summed E-state index contributed by atoms with van der Waals surface area (Å²) in [7, 11) is 1.38. The molecule has 2 rings (SSSR count). The summed E-state index contributed by atoms with van der Waals surface area (Å²) in [6.07, 6.45) is 0.888. The van der Waals surface area contributed by atoms with E-state index < -0.39 is 0 Å². The number of carbonyl (C=O) groups excluding carboxylic acids is 1. The minimum atomic E-state index is -0.325. The number of hydrogen-bond acceptors (Lipinski definition) is 4. The number of esters is 1. The lowest BCUT2D eigenvalue weighted by Crippen LogP contribution is -2.24. The van der Waals surface area contributed by atoms with Gasteiger partial charge in [-0.05, 0) is 40.0 Å². The van der Waals surface area contributed by atoms with Crippen LogP contribution in [0.2, 0.25) is 0 Å². The van der Waals surface area contributed by atoms with Gasteiger partial charge in [0, 0.05) is 17.6 Å². The SMILES string of the molecule is COC(=O)c1cc(Br)c2c(c1)CCN2CCO. The lowest BCUT2D eigenvalue weighted by Gasteiger charge is -2.19. The molecule has 92 valence electrons. The average molecular weight is 300 g/mol. The number of carbonyl (C=O) groups is 1. The lowest BCUT2D eigenvalue weighted by atomic mass is 10.1. The molecule has 1 heterocycles. The van der Waals surface area contributed by atoms with Crippen LogP contribution in [0.5, 0.6) is 0 Å². The largest absolute Gasteiger partial charge is 0.465 e. The molecule has 4 nitrogen and oxygen atoms in total. The van der Waals surface area contributed by atoms with Gasteiger partial charge in [0.25, 0.3) is 0 Å². The fraction of sp³-hybridized carbons (Fsp3) is 0.417. The lowest BCUT2D eigenvalue weighted by molar-refractivity contribution is 0.0600. The molecule has 0 fully saturated rings. The molecule has 1 aromatic carbocycles. The van der Waals surface area contributed by atoms with Gasteiger partial charge in [0.1, 0.15) is 0 Å². The summed E-state index contributed by atoms with van der Waals surface area (Å²) in [4.78, 5) is 13.6. The summed E-state index contributed by atoms with van der Waals surface area (Å²) >= 11 is 3.47. The second-order valence-corrected chi connectivity index (χ2v) is 4.77. The number of ether oxygens (including phenoxy) is 1. The number of methoxy groups -OCH3 is 1. The number of aliphatic hydroxyl groups excluding tert-OH is 1. The molecule has 0 unspecified atom stereocenters. The van der Waals surface area contributed by atoms with Crippen LogP contribution >= 0.6 is 15.9 Å². The first kappa shape index (κ1) is 12.4. The van der Waals surface area contributed by atoms with E-state index in [0.29, 0.717) is 12.1 Å². The molecular weight excluding hydrogens is 286 g/mol. The third-order valence-corrected chi connectivity index (χ3v) is 3.51. The van der Waals surface area contributed by atoms with Crippen molar-refractivity contribution in [1.82, 2.24) is 0 Å². The van der Waals surface area contributed by atoms with Gasteiger partial charge in [0.2, 0.25) is 0 Å². The van der Waals surface area contributed by atoms with Crippen molar-refractivity contribution in [3.8, 4) is 0 Å². The molecule has 5 heteroatoms. The van der Waals surface area contributed by atoms with Gasteiger partial charge in [0.15, 0.2) is 0 Å². The maximum Gasteiger partial charge on any atom is 0.337 e. The Morgan fingerprint density at radius 2 is 2.35 bits per heavy atom. The first-order valence-electron chi connectivity index (χ1n) is 5.44. The average Bonchev–Trinajstić information content (AvgIpc) is 2.72. The predicted octanol–water partition coefficient (Wildman–Crippen LogP) is 1.59. The zero-order chi connectivity index (χ0) is 12.4. The monoisotopic (exact) mass is 299 g/mol. The molecule has 1 aliphatic heterocycles. The van der Waals surface area contributed by atoms with Crippen LogP contribution in [-0.4, -0.2) is 37.9 Å². The predicted molar refractivity (Wildman–Crippen MR) is 68.5 cm³/mol. The van der Waals surface area contributed by atoms with E-state index >= 15 is 0 Å². The highest BCUT2D eigenvalue weighted by Crippen LogP contribution is 2.36. The molecule has 0 amide bonds. The molecule has 0 bridgehead atoms. The van der Waals surface area contributed by atoms with Crippen LogP contribution in [0.4, 0.5) is 5.69 Å². The van der Waals surface area contributed by atoms with E-state index in [-0.39, 0.29) is 12.6 Å². The zero-order valence-electron chi connectivity index (χ0n) is 9.57. The molecular formula is C12H14BrNO3. The highest BCUT2D eigenvalue weighted by Gasteiger charge is 2.23. The van der Waals surface area contributed by atoms with Crippen LogP contribution in [0.25, 0.3) is 0 Å². The molecule has 0 radical (unpaired) electrons. The third kappa shape index (κ3) is 2.30. The topological polar surface area (TPSA) is 49.8 Å². The van der Waals surface area contributed by atoms with Crippen molar-refractivity contribution in [2.24, 2.45) is 0 Å². The Hall–Kier alpha value is -1.07. The molecule has 0 atom stereocenters. The van der Waals surface area contributed by atoms with E-state index in [1.807, 2.05) is 6.07 Å². The molecule has 1 N–H and O–H groups in total. The van der Waals surface area contributed by atoms with Crippen molar-refractivity contribution in [2.45, 2.75) is 6.42 Å². The number of fused-ring (bicyclic) bond motifs is 1. The molecule has 0 aliphatic carbocycles. The quantitative estimate of drug-likeness (QED) is 0.861. The summed E-state index contributed by atoms with van der Waals surface area (Å²) in [6.45, 7) is 1.62. The van der Waals surface area contributed by atoms with E-state index in [1.54, 1.807) is 6.07 Å². The normalized spacial score (nSPS) is 13.7. The van der Waals surface area contributed by atoms with Gasteiger partial charge in [-0.15, -0.1) is 0 Å². The van der Waals surface area contributed by atoms with Gasteiger partial charge in [0.05, 0.1) is 25.0 Å². The highest BCUT2D eigenvalue weighted by atomic mass is 79.9. The summed E-state index contributed by atoms with van der Waals surface area (Å²) in [5.41, 5.74) is 2.75. The maximum atomic E-state index is 11.5. The smallest absolute Gasteiger partial charge is 0.337 e. The second kappa shape index (κ2) is 5.06. The van der Waals surface area contributed by atoms with E-state index in [9.17, 15) is 4.79 Å². The Kier molecular flexibility index (Phi) is 3.69. The van der Waals surface area contributed by atoms with Crippen molar-refractivity contribution in [1.29, 1.82) is 0 Å². The van der Waals surface area contributed by atoms with Gasteiger partial charge in [-0.25, -0.2) is 4.79 Å². The molecule has 0 aromatic heterocycles. The van der Waals surface area contributed by atoms with Gasteiger partial charge in [-0.1, -0.05) is 0 Å². The molecule has 17 heavy (non-hydrogen) atoms. The molecule has 0 spiro atoms. The Bertz CT molecular complexity index is 448. The number of benzene rings is 1. The van der Waals surface area contributed by atoms with E-state index in [1.165, 1.54) is 7.11 Å². The Morgan fingerprint density at radius 1 is 1.59 bits per heavy atom. The van der Waals surface area contributed by atoms with Crippen molar-refractivity contribution < 1.29 is 14.6 Å². The van der Waals surface area contributed by atoms with Crippen LogP contribution in [-0.2, 0) is 11.2 Å². The van der Waals surface area contributed by atoms with Gasteiger partial charge in [-0.3, -0.25) is 0 Å². The minimum Gasteiger partial charge on any atom is -0.465 e. The van der Waals surface area contributed by atoms with Crippen LogP contribution in [0.15, 0.2) is 16.6 Å². The molecule has 1 aliphatic rings. The summed E-state index contributed by atoms with van der Waals surface area (Å²) < 4.78 is 5.59. The number of nitrogens with zero attached hydrogens (tertiary/aromatic N) is 1. The van der Waals surface area contributed by atoms with E-state index in [2.05, 4.69) is 20.8 Å². The van der Waals surface area contributed by atoms with Crippen molar-refractivity contribution >= 4 is 27.6 Å². The first-order chi connectivity index (χ1) is 8.17. The summed E-state index contributed by atoms with van der Waals surface area (Å²) in [5, 5.41) is 8.99. The number of hydrogen-bond donors (Lipinski definition) is 1. The van der Waals surface area contributed by atoms with Crippen molar-refractivity contribution in [3.05, 3.63) is 27.7 Å². The molecule has 1 aromatic rings. The molecule has 0 saturated carbocycles. The standard InChI is InChI=1S/C12H14BrNO3/c1-17-12(16)9-6-8-2-3-14(4-5-15)11(8)10(13)7-9/h6-7,15H,2-5H2,1H3. The highest BCUT2D eigenvalue weighted by molar-refractivity contribution is 9.10. The van der Waals surface area contributed by atoms with Gasteiger partial charge >= 0.3 is 5.97 Å². The summed E-state index contributed by atoms with van der Waals surface area (Å²) in [6, 6.07) is 3.63. The van der Waals surface area contributed by atoms with Crippen LogP contribution < -0.4 is 4.90 Å². The Labute approximate surface area is 108 Å². The fourth-order valence-electron chi connectivity index (χ4n) is 2.15. The summed E-state index contributed by atoms with van der Waals surface area (Å²) in [5.74, 6) is -0.325. The van der Waals surface area contributed by atoms with Gasteiger partial charge in [-0.2, -0.15) is 0 Å². The van der Waals surface area contributed by atoms with Crippen molar-refractivity contribution in [3.63, 3.8) is 0 Å². The minimum absolute atomic E-state index is 0.130. The van der Waals surface area contributed by atoms with Gasteiger partial charge < -0.3 is 14.7 Å². The van der Waals surface area contributed by atoms with Crippen LogP contribution in [0, 0.1) is 0 Å².